The summed E-state index contributed by atoms with van der Waals surface area (Å²) in [5.41, 5.74) is 7.75. The van der Waals surface area contributed by atoms with E-state index >= 15 is 0 Å². The highest BCUT2D eigenvalue weighted by Crippen LogP contribution is 2.25. The minimum Gasteiger partial charge on any atom is -0.744 e. The van der Waals surface area contributed by atoms with Crippen LogP contribution in [0.1, 0.15) is 32.6 Å². The Labute approximate surface area is 345 Å². The quantitative estimate of drug-likeness (QED) is 0.0763. The number of piperazine rings is 1. The summed E-state index contributed by atoms with van der Waals surface area (Å²) in [5, 5.41) is 6.30. The number of hydrogen-bond acceptors (Lipinski definition) is 11. The van der Waals surface area contributed by atoms with Gasteiger partial charge in [0.25, 0.3) is 5.91 Å². The lowest BCUT2D eigenvalue weighted by Crippen LogP contribution is -2.58. The molecule has 6 aromatic rings. The monoisotopic (exact) mass is 813 g/mol. The normalized spacial score (nSPS) is 13.7. The molecular formula is C45H47N7O6S. The lowest BCUT2D eigenvalue weighted by atomic mass is 10.1. The molecule has 0 bridgehead atoms. The fraction of sp³-hybridized carbons (Fsp3) is 0.222. The Balaban J connectivity index is 0.000000461. The third-order valence-electron chi connectivity index (χ3n) is 9.93. The predicted molar refractivity (Wildman–Crippen MR) is 226 cm³/mol. The number of benzene rings is 4. The maximum atomic E-state index is 13.1. The molecule has 3 heterocycles. The molecule has 7 rings (SSSR count). The summed E-state index contributed by atoms with van der Waals surface area (Å²) in [6.07, 6.45) is 5.49. The molecule has 1 aliphatic rings. The van der Waals surface area contributed by atoms with Gasteiger partial charge in [-0.3, -0.25) is 24.0 Å². The van der Waals surface area contributed by atoms with E-state index in [2.05, 4.69) is 37.5 Å². The topological polar surface area (TPSA) is 167 Å². The number of carbonyl (C=O) groups excluding carboxylic acids is 2. The Morgan fingerprint density at radius 1 is 0.847 bits per heavy atom. The van der Waals surface area contributed by atoms with E-state index in [4.69, 9.17) is 4.74 Å². The molecule has 0 radical (unpaired) electrons. The van der Waals surface area contributed by atoms with Gasteiger partial charge in [-0.05, 0) is 85.1 Å². The molecule has 59 heavy (non-hydrogen) atoms. The zero-order chi connectivity index (χ0) is 41.8. The fourth-order valence-corrected chi connectivity index (χ4v) is 6.76. The van der Waals surface area contributed by atoms with Crippen molar-refractivity contribution < 1.29 is 31.8 Å². The van der Waals surface area contributed by atoms with E-state index in [-0.39, 0.29) is 16.8 Å². The van der Waals surface area contributed by atoms with Crippen molar-refractivity contribution in [3.8, 4) is 11.3 Å². The van der Waals surface area contributed by atoms with Crippen LogP contribution in [0.5, 0.6) is 0 Å². The Bertz CT molecular complexity index is 2440. The molecule has 14 heteroatoms. The average molecular weight is 814 g/mol. The number of anilines is 3. The van der Waals surface area contributed by atoms with Gasteiger partial charge in [-0.1, -0.05) is 66.2 Å². The molecule has 1 amide bonds. The molecule has 304 valence electrons. The molecule has 0 unspecified atom stereocenters. The summed E-state index contributed by atoms with van der Waals surface area (Å²) < 4.78 is 37.5. The smallest absolute Gasteiger partial charge is 0.314 e. The molecule has 0 saturated carbocycles. The third-order valence-corrected chi connectivity index (χ3v) is 10.8. The highest BCUT2D eigenvalue weighted by Gasteiger charge is 2.30. The molecular weight excluding hydrogens is 767 g/mol. The van der Waals surface area contributed by atoms with E-state index < -0.39 is 10.1 Å². The maximum absolute atomic E-state index is 13.1. The number of likely N-dealkylation sites (N-methyl/N-ethyl adjacent to an activating group) is 1. The van der Waals surface area contributed by atoms with Crippen molar-refractivity contribution in [1.82, 2.24) is 19.9 Å². The van der Waals surface area contributed by atoms with Crippen LogP contribution in [-0.2, 0) is 32.6 Å². The second-order valence-electron chi connectivity index (χ2n) is 14.7. The second-order valence-corrected chi connectivity index (χ2v) is 16.1. The first kappa shape index (κ1) is 42.3. The first-order chi connectivity index (χ1) is 28.3. The van der Waals surface area contributed by atoms with E-state index in [1.54, 1.807) is 30.7 Å². The van der Waals surface area contributed by atoms with Gasteiger partial charge in [-0.25, -0.2) is 18.4 Å². The number of nitrogens with one attached hydrogen (secondary N) is 2. The number of esters is 1. The number of ether oxygens (including phenoxy) is 1. The van der Waals surface area contributed by atoms with Crippen LogP contribution in [0.25, 0.3) is 11.3 Å². The van der Waals surface area contributed by atoms with Gasteiger partial charge in [-0.15, -0.1) is 0 Å². The Kier molecular flexibility index (Phi) is 13.9. The van der Waals surface area contributed by atoms with Crippen molar-refractivity contribution in [2.45, 2.75) is 31.7 Å². The Hall–Kier alpha value is -6.32. The van der Waals surface area contributed by atoms with Gasteiger partial charge in [0.05, 0.1) is 37.1 Å². The van der Waals surface area contributed by atoms with Crippen molar-refractivity contribution in [2.75, 3.05) is 50.6 Å². The van der Waals surface area contributed by atoms with Crippen LogP contribution in [0.15, 0.2) is 139 Å². The molecule has 1 fully saturated rings. The number of quaternary nitrogens is 1. The third kappa shape index (κ3) is 12.6. The first-order valence-corrected chi connectivity index (χ1v) is 20.5. The van der Waals surface area contributed by atoms with Gasteiger partial charge in [0.15, 0.2) is 0 Å². The summed E-state index contributed by atoms with van der Waals surface area (Å²) in [5.74, 6) is 0.0845. The molecule has 13 nitrogen and oxygen atoms in total. The van der Waals surface area contributed by atoms with Gasteiger partial charge in [0.1, 0.15) is 10.1 Å². The van der Waals surface area contributed by atoms with Crippen LogP contribution in [0.3, 0.4) is 0 Å². The number of rotatable bonds is 12. The van der Waals surface area contributed by atoms with Crippen LogP contribution in [-0.4, -0.2) is 89.1 Å². The van der Waals surface area contributed by atoms with E-state index in [1.807, 2.05) is 105 Å². The summed E-state index contributed by atoms with van der Waals surface area (Å²) in [6, 6.07) is 34.6. The van der Waals surface area contributed by atoms with Crippen LogP contribution >= 0.6 is 0 Å². The minimum atomic E-state index is -4.27. The van der Waals surface area contributed by atoms with Crippen LogP contribution < -0.4 is 10.6 Å². The lowest BCUT2D eigenvalue weighted by molar-refractivity contribution is -0.929. The summed E-state index contributed by atoms with van der Waals surface area (Å²) in [4.78, 5) is 40.9. The summed E-state index contributed by atoms with van der Waals surface area (Å²) >= 11 is 0. The maximum Gasteiger partial charge on any atom is 0.314 e. The number of aryl methyl sites for hydroxylation is 2. The van der Waals surface area contributed by atoms with Crippen LogP contribution in [0.2, 0.25) is 0 Å². The molecule has 2 aromatic heterocycles. The SMILES string of the molecule is Cc1ccc(NC(=O)c2ccc(CN3CC[N+](C)(COC(=O)Cc4ccccc4)CC3)cc2)cc1Nc1nccc(-c2cccnc2)n1.Cc1ccc(S(=O)(=O)[O-])cc1. The summed E-state index contributed by atoms with van der Waals surface area (Å²) in [7, 11) is -2.13. The van der Waals surface area contributed by atoms with Crippen LogP contribution in [0, 0.1) is 13.8 Å². The Morgan fingerprint density at radius 3 is 2.25 bits per heavy atom. The fourth-order valence-electron chi connectivity index (χ4n) is 6.29. The molecule has 4 aromatic carbocycles. The zero-order valence-corrected chi connectivity index (χ0v) is 34.1. The first-order valence-electron chi connectivity index (χ1n) is 19.1. The van der Waals surface area contributed by atoms with Crippen molar-refractivity contribution in [3.05, 3.63) is 162 Å². The number of aromatic nitrogens is 3. The van der Waals surface area contributed by atoms with Gasteiger partial charge >= 0.3 is 5.97 Å². The molecule has 0 atom stereocenters. The molecule has 1 aliphatic heterocycles. The number of pyridine rings is 1. The van der Waals surface area contributed by atoms with E-state index in [1.165, 1.54) is 12.1 Å². The van der Waals surface area contributed by atoms with Gasteiger partial charge in [0, 0.05) is 60.7 Å². The molecule has 2 N–H and O–H groups in total. The number of hydrogen-bond donors (Lipinski definition) is 2. The standard InChI is InChI=1S/C38H39N7O3.C7H8O3S/c1-28-10-15-33(24-35(28)43-38-40-18-16-34(42-38)32-9-6-17-39-25-32)41-37(47)31-13-11-30(12-14-31)26-44-19-21-45(2,22-20-44)27-48-36(46)23-29-7-4-3-5-8-29;1-6-2-4-7(5-3-6)11(8,9)10/h3-18,24-25H,19-23,26-27H2,1-2H3,(H-,40,41,42,43,47);2-5H,1H3,(H,8,9,10). The van der Waals surface area contributed by atoms with Gasteiger partial charge in [0.2, 0.25) is 12.7 Å². The predicted octanol–water partition coefficient (Wildman–Crippen LogP) is 6.75. The van der Waals surface area contributed by atoms with Crippen molar-refractivity contribution in [1.29, 1.82) is 0 Å². The largest absolute Gasteiger partial charge is 0.744 e. The average Bonchev–Trinajstić information content (AvgIpc) is 3.23. The van der Waals surface area contributed by atoms with Crippen molar-refractivity contribution >= 4 is 39.3 Å². The summed E-state index contributed by atoms with van der Waals surface area (Å²) in [6.45, 7) is 8.59. The Morgan fingerprint density at radius 2 is 1.58 bits per heavy atom. The van der Waals surface area contributed by atoms with Gasteiger partial charge < -0.3 is 19.9 Å². The van der Waals surface area contributed by atoms with Crippen LogP contribution in [0.4, 0.5) is 17.3 Å². The zero-order valence-electron chi connectivity index (χ0n) is 33.2. The number of carbonyl (C=O) groups is 2. The molecule has 0 aliphatic carbocycles. The van der Waals surface area contributed by atoms with E-state index in [0.29, 0.717) is 34.8 Å². The number of amides is 1. The molecule has 1 saturated heterocycles. The van der Waals surface area contributed by atoms with E-state index in [0.717, 1.165) is 71.9 Å². The van der Waals surface area contributed by atoms with Crippen molar-refractivity contribution in [2.24, 2.45) is 0 Å². The highest BCUT2D eigenvalue weighted by atomic mass is 32.2. The van der Waals surface area contributed by atoms with E-state index in [9.17, 15) is 22.6 Å². The van der Waals surface area contributed by atoms with Crippen molar-refractivity contribution in [3.63, 3.8) is 0 Å². The minimum absolute atomic E-state index is 0.178. The highest BCUT2D eigenvalue weighted by molar-refractivity contribution is 7.85. The molecule has 0 spiro atoms. The lowest BCUT2D eigenvalue weighted by Gasteiger charge is -2.41. The number of nitrogens with zero attached hydrogens (tertiary/aromatic N) is 5. The second kappa shape index (κ2) is 19.4. The van der Waals surface area contributed by atoms with Gasteiger partial charge in [-0.2, -0.15) is 0 Å².